The number of ether oxygens (including phenoxy) is 1. The first-order chi connectivity index (χ1) is 7.64. The van der Waals surface area contributed by atoms with Crippen molar-refractivity contribution >= 4 is 0 Å². The summed E-state index contributed by atoms with van der Waals surface area (Å²) in [7, 11) is 0. The zero-order valence-corrected chi connectivity index (χ0v) is 9.95. The molecule has 1 aliphatic heterocycles. The number of fused-ring (bicyclic) bond motifs is 3. The minimum absolute atomic E-state index is 0.366. The van der Waals surface area contributed by atoms with E-state index in [-0.39, 0.29) is 5.54 Å². The molecule has 0 aromatic rings. The van der Waals surface area contributed by atoms with Crippen LogP contribution in [0.1, 0.15) is 44.9 Å². The maximum absolute atomic E-state index is 10.8. The van der Waals surface area contributed by atoms with Crippen molar-refractivity contribution in [1.82, 2.24) is 0 Å². The third kappa shape index (κ3) is 1.45. The molecule has 0 radical (unpaired) electrons. The molecule has 0 aromatic heterocycles. The van der Waals surface area contributed by atoms with Crippen LogP contribution in [-0.2, 0) is 4.74 Å². The van der Waals surface area contributed by atoms with E-state index in [1.807, 2.05) is 0 Å². The molecule has 92 valence electrons. The monoisotopic (exact) mass is 225 g/mol. The van der Waals surface area contributed by atoms with Crippen LogP contribution in [0.5, 0.6) is 0 Å². The van der Waals surface area contributed by atoms with Crippen molar-refractivity contribution in [3.8, 4) is 0 Å². The van der Waals surface area contributed by atoms with Crippen LogP contribution in [0.2, 0.25) is 0 Å². The molecule has 0 amide bonds. The van der Waals surface area contributed by atoms with E-state index in [0.717, 1.165) is 31.8 Å². The lowest BCUT2D eigenvalue weighted by molar-refractivity contribution is -0.167. The molecular weight excluding hydrogens is 202 g/mol. The molecule has 4 aliphatic rings. The molecular formula is C13H23NO2. The molecule has 3 saturated carbocycles. The lowest BCUT2D eigenvalue weighted by Crippen LogP contribution is -2.70. The highest BCUT2D eigenvalue weighted by Gasteiger charge is 2.57. The van der Waals surface area contributed by atoms with Gasteiger partial charge in [0.2, 0.25) is 0 Å². The van der Waals surface area contributed by atoms with Crippen molar-refractivity contribution in [2.75, 3.05) is 13.2 Å². The lowest BCUT2D eigenvalue weighted by atomic mass is 9.54. The Hall–Kier alpha value is -0.120. The van der Waals surface area contributed by atoms with E-state index in [1.54, 1.807) is 0 Å². The molecule has 2 unspecified atom stereocenters. The van der Waals surface area contributed by atoms with E-state index in [1.165, 1.54) is 25.7 Å². The highest BCUT2D eigenvalue weighted by molar-refractivity contribution is 5.13. The molecule has 16 heavy (non-hydrogen) atoms. The first kappa shape index (κ1) is 11.0. The second-order valence-electron chi connectivity index (χ2n) is 6.15. The van der Waals surface area contributed by atoms with Gasteiger partial charge in [-0.3, -0.25) is 0 Å². The van der Waals surface area contributed by atoms with E-state index in [9.17, 15) is 5.11 Å². The molecule has 2 bridgehead atoms. The molecule has 1 heterocycles. The molecule has 4 fully saturated rings. The van der Waals surface area contributed by atoms with Crippen molar-refractivity contribution in [2.45, 2.75) is 56.1 Å². The molecule has 3 N–H and O–H groups in total. The van der Waals surface area contributed by atoms with Gasteiger partial charge in [0.05, 0.1) is 12.1 Å². The summed E-state index contributed by atoms with van der Waals surface area (Å²) in [6.07, 6.45) is 7.85. The first-order valence-corrected chi connectivity index (χ1v) is 6.73. The summed E-state index contributed by atoms with van der Waals surface area (Å²) in [5.41, 5.74) is 5.50. The average molecular weight is 225 g/mol. The van der Waals surface area contributed by atoms with Gasteiger partial charge in [-0.2, -0.15) is 0 Å². The Morgan fingerprint density at radius 2 is 1.94 bits per heavy atom. The van der Waals surface area contributed by atoms with E-state index in [0.29, 0.717) is 12.5 Å². The van der Waals surface area contributed by atoms with Gasteiger partial charge in [0.25, 0.3) is 0 Å². The van der Waals surface area contributed by atoms with Crippen molar-refractivity contribution in [1.29, 1.82) is 0 Å². The highest BCUT2D eigenvalue weighted by atomic mass is 16.5. The molecule has 1 saturated heterocycles. The van der Waals surface area contributed by atoms with Crippen molar-refractivity contribution in [3.05, 3.63) is 0 Å². The molecule has 0 spiro atoms. The van der Waals surface area contributed by atoms with Gasteiger partial charge in [0.1, 0.15) is 5.60 Å². The fourth-order valence-electron chi connectivity index (χ4n) is 4.24. The van der Waals surface area contributed by atoms with E-state index < -0.39 is 5.60 Å². The van der Waals surface area contributed by atoms with Gasteiger partial charge < -0.3 is 15.6 Å². The van der Waals surface area contributed by atoms with Gasteiger partial charge in [-0.15, -0.1) is 0 Å². The first-order valence-electron chi connectivity index (χ1n) is 6.73. The summed E-state index contributed by atoms with van der Waals surface area (Å²) < 4.78 is 5.48. The topological polar surface area (TPSA) is 55.5 Å². The number of aliphatic hydroxyl groups is 1. The van der Waals surface area contributed by atoms with Crippen molar-refractivity contribution in [3.63, 3.8) is 0 Å². The maximum atomic E-state index is 10.8. The summed E-state index contributed by atoms with van der Waals surface area (Å²) in [4.78, 5) is 0. The zero-order valence-electron chi connectivity index (χ0n) is 9.95. The summed E-state index contributed by atoms with van der Waals surface area (Å²) in [6.45, 7) is 1.24. The van der Waals surface area contributed by atoms with Gasteiger partial charge in [-0.25, -0.2) is 0 Å². The fraction of sp³-hybridized carbons (Fsp3) is 1.00. The Morgan fingerprint density at radius 1 is 1.19 bits per heavy atom. The fourth-order valence-corrected chi connectivity index (χ4v) is 4.24. The Bertz CT molecular complexity index is 267. The van der Waals surface area contributed by atoms with Crippen molar-refractivity contribution < 1.29 is 9.84 Å². The maximum Gasteiger partial charge on any atom is 0.106 e. The van der Waals surface area contributed by atoms with Crippen LogP contribution in [0.3, 0.4) is 0 Å². The number of rotatable bonds is 1. The SMILES string of the molecule is NC1(C2(O)CCCOC2)CC2CCC1CC2. The average Bonchev–Trinajstić information content (AvgIpc) is 2.31. The zero-order chi connectivity index (χ0) is 11.2. The Balaban J connectivity index is 1.86. The van der Waals surface area contributed by atoms with Crippen LogP contribution >= 0.6 is 0 Å². The van der Waals surface area contributed by atoms with Gasteiger partial charge in [-0.05, 0) is 43.9 Å². The Morgan fingerprint density at radius 3 is 2.44 bits per heavy atom. The van der Waals surface area contributed by atoms with Gasteiger partial charge >= 0.3 is 0 Å². The van der Waals surface area contributed by atoms with Gasteiger partial charge in [0.15, 0.2) is 0 Å². The molecule has 0 aromatic carbocycles. The van der Waals surface area contributed by atoms with Crippen LogP contribution < -0.4 is 5.73 Å². The Kier molecular flexibility index (Phi) is 2.54. The van der Waals surface area contributed by atoms with E-state index >= 15 is 0 Å². The largest absolute Gasteiger partial charge is 0.386 e. The van der Waals surface area contributed by atoms with E-state index in [2.05, 4.69) is 0 Å². The number of hydrogen-bond donors (Lipinski definition) is 2. The Labute approximate surface area is 97.3 Å². The smallest absolute Gasteiger partial charge is 0.106 e. The third-order valence-corrected chi connectivity index (χ3v) is 5.29. The van der Waals surface area contributed by atoms with Gasteiger partial charge in [0, 0.05) is 6.61 Å². The number of hydrogen-bond acceptors (Lipinski definition) is 3. The van der Waals surface area contributed by atoms with Crippen LogP contribution in [0.25, 0.3) is 0 Å². The molecule has 3 aliphatic carbocycles. The third-order valence-electron chi connectivity index (χ3n) is 5.29. The van der Waals surface area contributed by atoms with E-state index in [4.69, 9.17) is 10.5 Å². The van der Waals surface area contributed by atoms with Crippen molar-refractivity contribution in [2.24, 2.45) is 17.6 Å². The highest BCUT2D eigenvalue weighted by Crippen LogP contribution is 2.51. The normalized spacial score (nSPS) is 52.9. The minimum atomic E-state index is -0.755. The summed E-state index contributed by atoms with van der Waals surface area (Å²) in [5, 5.41) is 10.8. The molecule has 4 rings (SSSR count). The summed E-state index contributed by atoms with van der Waals surface area (Å²) in [6, 6.07) is 0. The van der Waals surface area contributed by atoms with Gasteiger partial charge in [-0.1, -0.05) is 12.8 Å². The quantitative estimate of drug-likeness (QED) is 0.710. The minimum Gasteiger partial charge on any atom is -0.386 e. The lowest BCUT2D eigenvalue weighted by Gasteiger charge is -2.57. The van der Waals surface area contributed by atoms with Crippen LogP contribution in [0.15, 0.2) is 0 Å². The van der Waals surface area contributed by atoms with Crippen LogP contribution in [-0.4, -0.2) is 29.5 Å². The molecule has 3 heteroatoms. The predicted molar refractivity (Wildman–Crippen MR) is 62.0 cm³/mol. The standard InChI is InChI=1S/C13H23NO2/c14-13(12(15)6-1-7-16-9-12)8-10-2-4-11(13)5-3-10/h10-11,15H,1-9,14H2. The second kappa shape index (κ2) is 3.69. The summed E-state index contributed by atoms with van der Waals surface area (Å²) in [5.74, 6) is 1.27. The predicted octanol–water partition coefficient (Wildman–Crippen LogP) is 1.44. The van der Waals surface area contributed by atoms with Crippen LogP contribution in [0.4, 0.5) is 0 Å². The molecule has 2 atom stereocenters. The summed E-state index contributed by atoms with van der Waals surface area (Å²) >= 11 is 0. The van der Waals surface area contributed by atoms with Crippen LogP contribution in [0, 0.1) is 11.8 Å². The number of nitrogens with two attached hydrogens (primary N) is 1. The molecule has 3 nitrogen and oxygen atoms in total. The second-order valence-corrected chi connectivity index (χ2v) is 6.15.